The molecule has 0 radical (unpaired) electrons. The predicted molar refractivity (Wildman–Crippen MR) is 124 cm³/mol. The molecular formula is C21H36N4O10. The van der Waals surface area contributed by atoms with Gasteiger partial charge in [-0.25, -0.2) is 0 Å². The van der Waals surface area contributed by atoms with Gasteiger partial charge in [0.1, 0.15) is 24.2 Å². The SMILES string of the molecule is CC(O)C(N)C(=O)O.NC(CO)C(=O)O.NC(Cc1ccccc1)C(=O)O.O=C(O)C1CCCN1. The van der Waals surface area contributed by atoms with E-state index in [0.717, 1.165) is 24.9 Å². The lowest BCUT2D eigenvalue weighted by atomic mass is 10.1. The molecule has 5 atom stereocenters. The van der Waals surface area contributed by atoms with Crippen molar-refractivity contribution in [1.29, 1.82) is 0 Å². The highest BCUT2D eigenvalue weighted by atomic mass is 16.4. The third kappa shape index (κ3) is 17.9. The molecule has 5 unspecified atom stereocenters. The Labute approximate surface area is 202 Å². The first-order chi connectivity index (χ1) is 16.2. The number of hydrogen-bond donors (Lipinski definition) is 10. The molecule has 14 nitrogen and oxygen atoms in total. The van der Waals surface area contributed by atoms with E-state index in [4.69, 9.17) is 47.8 Å². The molecule has 1 fully saturated rings. The molecule has 1 aliphatic rings. The van der Waals surface area contributed by atoms with E-state index in [0.29, 0.717) is 6.42 Å². The van der Waals surface area contributed by atoms with Crippen LogP contribution < -0.4 is 22.5 Å². The van der Waals surface area contributed by atoms with Crippen LogP contribution in [-0.2, 0) is 25.6 Å². The minimum atomic E-state index is -1.18. The fourth-order valence-corrected chi connectivity index (χ4v) is 2.14. The Kier molecular flexibility index (Phi) is 18.7. The van der Waals surface area contributed by atoms with E-state index in [1.165, 1.54) is 6.92 Å². The highest BCUT2D eigenvalue weighted by Crippen LogP contribution is 2.03. The average molecular weight is 505 g/mol. The first-order valence-corrected chi connectivity index (χ1v) is 10.5. The average Bonchev–Trinajstić information content (AvgIpc) is 3.35. The molecule has 13 N–H and O–H groups in total. The van der Waals surface area contributed by atoms with E-state index in [9.17, 15) is 19.2 Å². The molecule has 35 heavy (non-hydrogen) atoms. The zero-order chi connectivity index (χ0) is 27.6. The summed E-state index contributed by atoms with van der Waals surface area (Å²) in [6, 6.07) is 5.99. The Balaban J connectivity index is 0. The zero-order valence-electron chi connectivity index (χ0n) is 19.4. The van der Waals surface area contributed by atoms with Crippen LogP contribution >= 0.6 is 0 Å². The molecule has 1 aliphatic heterocycles. The number of nitrogens with two attached hydrogens (primary N) is 3. The van der Waals surface area contributed by atoms with E-state index in [1.807, 2.05) is 30.3 Å². The third-order valence-electron chi connectivity index (χ3n) is 4.29. The quantitative estimate of drug-likeness (QED) is 0.177. The van der Waals surface area contributed by atoms with E-state index >= 15 is 0 Å². The lowest BCUT2D eigenvalue weighted by molar-refractivity contribution is -0.141. The zero-order valence-corrected chi connectivity index (χ0v) is 19.4. The topological polar surface area (TPSA) is 280 Å². The van der Waals surface area contributed by atoms with Crippen LogP contribution in [0.2, 0.25) is 0 Å². The van der Waals surface area contributed by atoms with Gasteiger partial charge in [-0.05, 0) is 38.3 Å². The summed E-state index contributed by atoms with van der Waals surface area (Å²) in [6.07, 6.45) is 1.19. The molecule has 2 rings (SSSR count). The van der Waals surface area contributed by atoms with Crippen LogP contribution in [0.1, 0.15) is 25.3 Å². The van der Waals surface area contributed by atoms with Crippen LogP contribution in [-0.4, -0.2) is 97.9 Å². The molecule has 0 bridgehead atoms. The number of carbonyl (C=O) groups is 4. The summed E-state index contributed by atoms with van der Waals surface area (Å²) in [4.78, 5) is 40.0. The van der Waals surface area contributed by atoms with Crippen LogP contribution in [0.25, 0.3) is 0 Å². The molecule has 0 aliphatic carbocycles. The van der Waals surface area contributed by atoms with Gasteiger partial charge >= 0.3 is 23.9 Å². The minimum Gasteiger partial charge on any atom is -0.480 e. The molecule has 0 amide bonds. The summed E-state index contributed by atoms with van der Waals surface area (Å²) >= 11 is 0. The smallest absolute Gasteiger partial charge is 0.323 e. The van der Waals surface area contributed by atoms with Crippen LogP contribution in [0.3, 0.4) is 0 Å². The number of aliphatic hydroxyl groups is 2. The molecule has 200 valence electrons. The Hall–Kier alpha value is -3.14. The number of aliphatic carboxylic acids is 4. The Morgan fingerprint density at radius 3 is 1.69 bits per heavy atom. The van der Waals surface area contributed by atoms with Gasteiger partial charge in [0, 0.05) is 0 Å². The summed E-state index contributed by atoms with van der Waals surface area (Å²) in [5, 5.41) is 52.2. The van der Waals surface area contributed by atoms with Crippen LogP contribution in [0.15, 0.2) is 30.3 Å². The molecule has 0 spiro atoms. The van der Waals surface area contributed by atoms with Gasteiger partial charge < -0.3 is 53.2 Å². The largest absolute Gasteiger partial charge is 0.480 e. The maximum Gasteiger partial charge on any atom is 0.323 e. The van der Waals surface area contributed by atoms with Gasteiger partial charge in [0.05, 0.1) is 12.7 Å². The van der Waals surface area contributed by atoms with E-state index in [1.54, 1.807) is 0 Å². The first-order valence-electron chi connectivity index (χ1n) is 10.5. The van der Waals surface area contributed by atoms with Gasteiger partial charge in [-0.15, -0.1) is 0 Å². The number of hydrogen-bond acceptors (Lipinski definition) is 10. The van der Waals surface area contributed by atoms with E-state index in [2.05, 4.69) is 5.32 Å². The standard InChI is InChI=1S/C9H11NO2.C5H9NO2.C4H9NO3.C3H7NO3/c10-8(9(11)12)6-7-4-2-1-3-5-7;7-5(8)4-2-1-3-6-4;1-2(6)3(5)4(7)8;4-2(1-5)3(6)7/h1-5,8H,6,10H2,(H,11,12);4,6H,1-3H2,(H,7,8);2-3,6H,5H2,1H3,(H,7,8);2,5H,1,4H2,(H,6,7). The molecule has 1 saturated heterocycles. The van der Waals surface area contributed by atoms with Crippen molar-refractivity contribution in [2.45, 2.75) is 56.5 Å². The second-order valence-electron chi connectivity index (χ2n) is 7.35. The molecule has 1 heterocycles. The van der Waals surface area contributed by atoms with Crippen molar-refractivity contribution in [3.05, 3.63) is 35.9 Å². The van der Waals surface area contributed by atoms with Crippen molar-refractivity contribution in [2.24, 2.45) is 17.2 Å². The van der Waals surface area contributed by atoms with Gasteiger partial charge in [0.15, 0.2) is 0 Å². The van der Waals surface area contributed by atoms with E-state index in [-0.39, 0.29) is 6.04 Å². The fourth-order valence-electron chi connectivity index (χ4n) is 2.14. The Morgan fingerprint density at radius 1 is 0.943 bits per heavy atom. The summed E-state index contributed by atoms with van der Waals surface area (Å²) in [5.41, 5.74) is 16.0. The van der Waals surface area contributed by atoms with Crippen LogP contribution in [0.5, 0.6) is 0 Å². The molecule has 14 heteroatoms. The molecule has 0 saturated carbocycles. The lowest BCUT2D eigenvalue weighted by Crippen LogP contribution is -2.39. The molecular weight excluding hydrogens is 468 g/mol. The monoisotopic (exact) mass is 504 g/mol. The molecule has 1 aromatic carbocycles. The summed E-state index contributed by atoms with van der Waals surface area (Å²) in [5.74, 6) is -4.04. The summed E-state index contributed by atoms with van der Waals surface area (Å²) < 4.78 is 0. The second kappa shape index (κ2) is 19.2. The number of aliphatic hydroxyl groups excluding tert-OH is 2. The van der Waals surface area contributed by atoms with Crippen molar-refractivity contribution in [3.8, 4) is 0 Å². The van der Waals surface area contributed by atoms with Crippen molar-refractivity contribution in [1.82, 2.24) is 5.32 Å². The van der Waals surface area contributed by atoms with Crippen molar-refractivity contribution < 1.29 is 49.8 Å². The Morgan fingerprint density at radius 2 is 1.46 bits per heavy atom. The van der Waals surface area contributed by atoms with Gasteiger partial charge in [0.2, 0.25) is 0 Å². The molecule has 0 aromatic heterocycles. The van der Waals surface area contributed by atoms with Gasteiger partial charge in [-0.2, -0.15) is 0 Å². The fraction of sp³-hybridized carbons (Fsp3) is 0.524. The number of rotatable bonds is 8. The highest BCUT2D eigenvalue weighted by Gasteiger charge is 2.20. The first kappa shape index (κ1) is 34.0. The highest BCUT2D eigenvalue weighted by molar-refractivity contribution is 5.74. The number of benzene rings is 1. The van der Waals surface area contributed by atoms with Gasteiger partial charge in [-0.3, -0.25) is 19.2 Å². The Bertz CT molecular complexity index is 746. The number of nitrogens with one attached hydrogen (secondary N) is 1. The van der Waals surface area contributed by atoms with Crippen molar-refractivity contribution in [3.63, 3.8) is 0 Å². The van der Waals surface area contributed by atoms with E-state index < -0.39 is 54.7 Å². The maximum atomic E-state index is 10.4. The van der Waals surface area contributed by atoms with Crippen molar-refractivity contribution in [2.75, 3.05) is 13.2 Å². The van der Waals surface area contributed by atoms with Crippen LogP contribution in [0.4, 0.5) is 0 Å². The minimum absolute atomic E-state index is 0.269. The normalized spacial score (nSPS) is 17.4. The van der Waals surface area contributed by atoms with Gasteiger partial charge in [0.25, 0.3) is 0 Å². The maximum absolute atomic E-state index is 10.4. The second-order valence-corrected chi connectivity index (χ2v) is 7.35. The predicted octanol–water partition coefficient (Wildman–Crippen LogP) is -2.37. The van der Waals surface area contributed by atoms with Gasteiger partial charge in [-0.1, -0.05) is 30.3 Å². The summed E-state index contributed by atoms with van der Waals surface area (Å²) in [7, 11) is 0. The molecule has 1 aromatic rings. The number of carboxylic acids is 4. The van der Waals surface area contributed by atoms with Crippen molar-refractivity contribution >= 4 is 23.9 Å². The number of carboxylic acid groups (broad SMARTS) is 4. The summed E-state index contributed by atoms with van der Waals surface area (Å²) in [6.45, 7) is 1.69. The lowest BCUT2D eigenvalue weighted by Gasteiger charge is -2.06. The van der Waals surface area contributed by atoms with Crippen LogP contribution in [0, 0.1) is 0 Å². The third-order valence-corrected chi connectivity index (χ3v) is 4.29.